The Kier molecular flexibility index (Phi) is 5.13. The van der Waals surface area contributed by atoms with E-state index in [1.165, 1.54) is 34.4 Å². The molecular weight excluding hydrogens is 263 g/mol. The maximum absolute atomic E-state index is 12.9. The molecule has 2 aromatic rings. The van der Waals surface area contributed by atoms with Gasteiger partial charge >= 0.3 is 0 Å². The minimum atomic E-state index is -0.218. The second kappa shape index (κ2) is 6.86. The van der Waals surface area contributed by atoms with Gasteiger partial charge in [0.05, 0.1) is 0 Å². The lowest BCUT2D eigenvalue weighted by Gasteiger charge is -2.18. The van der Waals surface area contributed by atoms with Crippen LogP contribution in [0.1, 0.15) is 27.8 Å². The van der Waals surface area contributed by atoms with Crippen LogP contribution in [0.5, 0.6) is 0 Å². The van der Waals surface area contributed by atoms with Crippen LogP contribution in [0.3, 0.4) is 0 Å². The van der Waals surface area contributed by atoms with Crippen LogP contribution in [0.25, 0.3) is 0 Å². The van der Waals surface area contributed by atoms with Crippen molar-refractivity contribution in [2.45, 2.75) is 33.6 Å². The summed E-state index contributed by atoms with van der Waals surface area (Å²) in [6, 6.07) is 10.9. The molecule has 0 saturated heterocycles. The predicted octanol–water partition coefficient (Wildman–Crippen LogP) is 4.14. The SMILES string of the molecule is Cc1cc(C)c(CC(CO)Cc2ccc(F)cc2)c(C)c1. The molecule has 0 saturated carbocycles. The van der Waals surface area contributed by atoms with Gasteiger partial charge in [0.15, 0.2) is 0 Å². The van der Waals surface area contributed by atoms with Gasteiger partial charge in [0.25, 0.3) is 0 Å². The third-order valence-corrected chi connectivity index (χ3v) is 4.03. The van der Waals surface area contributed by atoms with E-state index in [1.54, 1.807) is 12.1 Å². The summed E-state index contributed by atoms with van der Waals surface area (Å²) in [7, 11) is 0. The smallest absolute Gasteiger partial charge is 0.123 e. The summed E-state index contributed by atoms with van der Waals surface area (Å²) in [5.41, 5.74) is 6.22. The van der Waals surface area contributed by atoms with Gasteiger partial charge in [0.2, 0.25) is 0 Å². The van der Waals surface area contributed by atoms with E-state index < -0.39 is 0 Å². The lowest BCUT2D eigenvalue weighted by Crippen LogP contribution is -2.14. The Labute approximate surface area is 126 Å². The van der Waals surface area contributed by atoms with E-state index in [0.29, 0.717) is 0 Å². The summed E-state index contributed by atoms with van der Waals surface area (Å²) < 4.78 is 12.9. The highest BCUT2D eigenvalue weighted by Crippen LogP contribution is 2.22. The number of aliphatic hydroxyl groups is 1. The van der Waals surface area contributed by atoms with E-state index in [4.69, 9.17) is 0 Å². The van der Waals surface area contributed by atoms with Crippen molar-refractivity contribution in [1.82, 2.24) is 0 Å². The molecule has 0 aromatic heterocycles. The van der Waals surface area contributed by atoms with E-state index in [2.05, 4.69) is 32.9 Å². The Bertz CT molecular complexity index is 578. The van der Waals surface area contributed by atoms with Gasteiger partial charge in [-0.05, 0) is 73.9 Å². The fraction of sp³-hybridized carbons (Fsp3) is 0.368. The zero-order valence-corrected chi connectivity index (χ0v) is 13.0. The number of halogens is 1. The predicted molar refractivity (Wildman–Crippen MR) is 85.0 cm³/mol. The molecule has 0 amide bonds. The molecule has 1 N–H and O–H groups in total. The molecule has 1 nitrogen and oxygen atoms in total. The largest absolute Gasteiger partial charge is 0.396 e. The molecule has 2 heteroatoms. The third-order valence-electron chi connectivity index (χ3n) is 4.03. The first kappa shape index (κ1) is 15.7. The van der Waals surface area contributed by atoms with Gasteiger partial charge in [0.1, 0.15) is 5.82 Å². The first-order chi connectivity index (χ1) is 9.99. The minimum Gasteiger partial charge on any atom is -0.396 e. The number of aliphatic hydroxyl groups excluding tert-OH is 1. The molecule has 0 spiro atoms. The summed E-state index contributed by atoms with van der Waals surface area (Å²) in [5.74, 6) is -0.0555. The zero-order valence-electron chi connectivity index (χ0n) is 13.0. The van der Waals surface area contributed by atoms with Gasteiger partial charge in [-0.25, -0.2) is 4.39 Å². The fourth-order valence-corrected chi connectivity index (χ4v) is 2.98. The quantitative estimate of drug-likeness (QED) is 0.875. The van der Waals surface area contributed by atoms with Crippen molar-refractivity contribution in [3.05, 3.63) is 70.0 Å². The van der Waals surface area contributed by atoms with Crippen molar-refractivity contribution in [3.8, 4) is 0 Å². The van der Waals surface area contributed by atoms with Crippen LogP contribution < -0.4 is 0 Å². The van der Waals surface area contributed by atoms with Crippen LogP contribution in [0, 0.1) is 32.5 Å². The Morgan fingerprint density at radius 1 is 0.952 bits per heavy atom. The van der Waals surface area contributed by atoms with E-state index in [9.17, 15) is 9.50 Å². The molecule has 0 aliphatic rings. The maximum Gasteiger partial charge on any atom is 0.123 e. The van der Waals surface area contributed by atoms with Crippen LogP contribution in [0.4, 0.5) is 4.39 Å². The summed E-state index contributed by atoms with van der Waals surface area (Å²) in [6.45, 7) is 6.50. The summed E-state index contributed by atoms with van der Waals surface area (Å²) in [5, 5.41) is 9.67. The monoisotopic (exact) mass is 286 g/mol. The molecule has 0 aliphatic heterocycles. The van der Waals surface area contributed by atoms with Crippen LogP contribution >= 0.6 is 0 Å². The Hall–Kier alpha value is -1.67. The van der Waals surface area contributed by atoms with E-state index >= 15 is 0 Å². The lowest BCUT2D eigenvalue weighted by atomic mass is 9.88. The van der Waals surface area contributed by atoms with Crippen LogP contribution in [0.15, 0.2) is 36.4 Å². The molecule has 2 rings (SSSR count). The number of hydrogen-bond donors (Lipinski definition) is 1. The summed E-state index contributed by atoms with van der Waals surface area (Å²) in [4.78, 5) is 0. The number of hydrogen-bond acceptors (Lipinski definition) is 1. The van der Waals surface area contributed by atoms with Gasteiger partial charge in [0, 0.05) is 6.61 Å². The van der Waals surface area contributed by atoms with E-state index in [1.807, 2.05) is 0 Å². The standard InChI is InChI=1S/C19H23FO/c1-13-8-14(2)19(15(3)9-13)11-17(12-21)10-16-4-6-18(20)7-5-16/h4-9,17,21H,10-12H2,1-3H3. The third kappa shape index (κ3) is 4.15. The average Bonchev–Trinajstić information content (AvgIpc) is 2.43. The molecule has 0 fully saturated rings. The second-order valence-corrected chi connectivity index (χ2v) is 5.96. The lowest BCUT2D eigenvalue weighted by molar-refractivity contribution is 0.224. The number of aryl methyl sites for hydroxylation is 3. The Morgan fingerprint density at radius 2 is 1.52 bits per heavy atom. The van der Waals surface area contributed by atoms with E-state index in [0.717, 1.165) is 18.4 Å². The highest BCUT2D eigenvalue weighted by molar-refractivity contribution is 5.38. The van der Waals surface area contributed by atoms with Crippen molar-refractivity contribution < 1.29 is 9.50 Å². The topological polar surface area (TPSA) is 20.2 Å². The summed E-state index contributed by atoms with van der Waals surface area (Å²) in [6.07, 6.45) is 1.62. The number of benzene rings is 2. The average molecular weight is 286 g/mol. The van der Waals surface area contributed by atoms with Crippen molar-refractivity contribution in [1.29, 1.82) is 0 Å². The zero-order chi connectivity index (χ0) is 15.4. The fourth-order valence-electron chi connectivity index (χ4n) is 2.98. The molecule has 21 heavy (non-hydrogen) atoms. The highest BCUT2D eigenvalue weighted by Gasteiger charge is 2.13. The molecule has 0 aliphatic carbocycles. The molecule has 2 aromatic carbocycles. The second-order valence-electron chi connectivity index (χ2n) is 5.96. The van der Waals surface area contributed by atoms with E-state index in [-0.39, 0.29) is 18.3 Å². The van der Waals surface area contributed by atoms with Crippen molar-refractivity contribution in [2.75, 3.05) is 6.61 Å². The molecular formula is C19H23FO. The molecule has 0 radical (unpaired) electrons. The van der Waals surface area contributed by atoms with Crippen LogP contribution in [-0.4, -0.2) is 11.7 Å². The van der Waals surface area contributed by atoms with Crippen molar-refractivity contribution in [2.24, 2.45) is 5.92 Å². The molecule has 0 bridgehead atoms. The van der Waals surface area contributed by atoms with Gasteiger partial charge < -0.3 is 5.11 Å². The van der Waals surface area contributed by atoms with Gasteiger partial charge in [-0.2, -0.15) is 0 Å². The minimum absolute atomic E-state index is 0.143. The molecule has 1 atom stereocenters. The molecule has 1 unspecified atom stereocenters. The Balaban J connectivity index is 2.14. The number of rotatable bonds is 5. The van der Waals surface area contributed by atoms with Gasteiger partial charge in [-0.3, -0.25) is 0 Å². The molecule has 112 valence electrons. The molecule has 0 heterocycles. The van der Waals surface area contributed by atoms with Gasteiger partial charge in [-0.1, -0.05) is 29.8 Å². The van der Waals surface area contributed by atoms with Crippen LogP contribution in [-0.2, 0) is 12.8 Å². The van der Waals surface area contributed by atoms with Crippen LogP contribution in [0.2, 0.25) is 0 Å². The first-order valence-electron chi connectivity index (χ1n) is 7.41. The first-order valence-corrected chi connectivity index (χ1v) is 7.41. The summed E-state index contributed by atoms with van der Waals surface area (Å²) >= 11 is 0. The van der Waals surface area contributed by atoms with Gasteiger partial charge in [-0.15, -0.1) is 0 Å². The van der Waals surface area contributed by atoms with Crippen molar-refractivity contribution in [3.63, 3.8) is 0 Å². The maximum atomic E-state index is 12.9. The van der Waals surface area contributed by atoms with Crippen molar-refractivity contribution >= 4 is 0 Å². The Morgan fingerprint density at radius 3 is 2.05 bits per heavy atom. The highest BCUT2D eigenvalue weighted by atomic mass is 19.1. The normalized spacial score (nSPS) is 12.4.